The second-order valence-corrected chi connectivity index (χ2v) is 10.1. The van der Waals surface area contributed by atoms with Gasteiger partial charge in [-0.1, -0.05) is 25.1 Å². The van der Waals surface area contributed by atoms with Crippen molar-refractivity contribution in [3.8, 4) is 0 Å². The van der Waals surface area contributed by atoms with Crippen LogP contribution in [0.1, 0.15) is 27.7 Å². The number of guanidine groups is 1. The van der Waals surface area contributed by atoms with Crippen LogP contribution < -0.4 is 10.6 Å². The van der Waals surface area contributed by atoms with Crippen molar-refractivity contribution in [3.63, 3.8) is 0 Å². The van der Waals surface area contributed by atoms with Crippen LogP contribution >= 0.6 is 35.7 Å². The largest absolute Gasteiger partial charge is 0.355 e. The first-order chi connectivity index (χ1) is 10.8. The van der Waals surface area contributed by atoms with Crippen molar-refractivity contribution in [1.29, 1.82) is 0 Å². The average molecular weight is 483 g/mol. The topological polar surface area (TPSA) is 53.5 Å². The van der Waals surface area contributed by atoms with Crippen molar-refractivity contribution in [2.75, 3.05) is 25.9 Å². The molecule has 2 unspecified atom stereocenters. The maximum atomic E-state index is 12.0. The number of halogens is 1. The molecule has 2 N–H and O–H groups in total. The van der Waals surface area contributed by atoms with Crippen molar-refractivity contribution in [1.82, 2.24) is 10.6 Å². The van der Waals surface area contributed by atoms with E-state index in [2.05, 4.69) is 46.8 Å². The first-order valence-electron chi connectivity index (χ1n) is 7.87. The third-order valence-corrected chi connectivity index (χ3v) is 6.18. The molecule has 7 heteroatoms. The van der Waals surface area contributed by atoms with Crippen molar-refractivity contribution in [3.05, 3.63) is 30.3 Å². The minimum absolute atomic E-state index is 0. The fourth-order valence-corrected chi connectivity index (χ4v) is 3.65. The van der Waals surface area contributed by atoms with Gasteiger partial charge in [-0.3, -0.25) is 9.20 Å². The number of benzene rings is 1. The summed E-state index contributed by atoms with van der Waals surface area (Å²) in [6, 6.07) is 10.4. The highest BCUT2D eigenvalue weighted by Gasteiger charge is 2.18. The molecule has 0 radical (unpaired) electrons. The number of hydrogen-bond donors (Lipinski definition) is 2. The molecule has 2 atom stereocenters. The van der Waals surface area contributed by atoms with E-state index in [1.807, 2.05) is 38.6 Å². The van der Waals surface area contributed by atoms with E-state index in [0.29, 0.717) is 17.5 Å². The van der Waals surface area contributed by atoms with Gasteiger partial charge in [0.25, 0.3) is 0 Å². The SMILES string of the molecule is CN=C(NCCS(=O)C(C)(C)C)NCC(C)Sc1ccccc1.I. The quantitative estimate of drug-likeness (QED) is 0.270. The molecule has 0 saturated carbocycles. The number of thioether (sulfide) groups is 1. The molecule has 24 heavy (non-hydrogen) atoms. The second kappa shape index (κ2) is 12.1. The Balaban J connectivity index is 0.00000529. The van der Waals surface area contributed by atoms with Crippen LogP contribution in [0.4, 0.5) is 0 Å². The summed E-state index contributed by atoms with van der Waals surface area (Å²) in [6.45, 7) is 9.66. The molecule has 0 aliphatic rings. The molecule has 0 amide bonds. The van der Waals surface area contributed by atoms with Gasteiger partial charge < -0.3 is 10.6 Å². The molecule has 1 rings (SSSR count). The maximum Gasteiger partial charge on any atom is 0.191 e. The number of aliphatic imine (C=N–C) groups is 1. The molecular weight excluding hydrogens is 453 g/mol. The lowest BCUT2D eigenvalue weighted by Gasteiger charge is -2.19. The molecule has 0 spiro atoms. The lowest BCUT2D eigenvalue weighted by atomic mass is 10.3. The molecule has 0 aliphatic carbocycles. The van der Waals surface area contributed by atoms with Gasteiger partial charge in [0.2, 0.25) is 0 Å². The van der Waals surface area contributed by atoms with Crippen molar-refractivity contribution in [2.45, 2.75) is 42.6 Å². The molecular formula is C17H30IN3OS2. The molecule has 0 fully saturated rings. The first-order valence-corrected chi connectivity index (χ1v) is 10.1. The van der Waals surface area contributed by atoms with Crippen molar-refractivity contribution in [2.24, 2.45) is 4.99 Å². The molecule has 138 valence electrons. The lowest BCUT2D eigenvalue weighted by molar-refractivity contribution is 0.647. The van der Waals surface area contributed by atoms with Crippen molar-refractivity contribution < 1.29 is 4.21 Å². The summed E-state index contributed by atoms with van der Waals surface area (Å²) in [7, 11) is 0.911. The van der Waals surface area contributed by atoms with E-state index < -0.39 is 10.8 Å². The highest BCUT2D eigenvalue weighted by molar-refractivity contribution is 14.0. The Morgan fingerprint density at radius 1 is 1.25 bits per heavy atom. The van der Waals surface area contributed by atoms with Crippen LogP contribution in [0.15, 0.2) is 40.2 Å². The Bertz CT molecular complexity index is 518. The zero-order chi connectivity index (χ0) is 17.3. The van der Waals surface area contributed by atoms with Gasteiger partial charge in [-0.15, -0.1) is 35.7 Å². The Hall–Kier alpha value is -0.280. The predicted molar refractivity (Wildman–Crippen MR) is 119 cm³/mol. The van der Waals surface area contributed by atoms with Crippen LogP contribution in [-0.4, -0.2) is 46.1 Å². The molecule has 0 bridgehead atoms. The summed E-state index contributed by atoms with van der Waals surface area (Å²) >= 11 is 1.83. The van der Waals surface area contributed by atoms with Crippen LogP contribution in [-0.2, 0) is 10.8 Å². The minimum Gasteiger partial charge on any atom is -0.355 e. The van der Waals surface area contributed by atoms with Gasteiger partial charge in [-0.2, -0.15) is 0 Å². The van der Waals surface area contributed by atoms with Gasteiger partial charge in [0, 0.05) is 51.6 Å². The van der Waals surface area contributed by atoms with E-state index in [9.17, 15) is 4.21 Å². The number of nitrogens with one attached hydrogen (secondary N) is 2. The Morgan fingerprint density at radius 2 is 1.88 bits per heavy atom. The van der Waals surface area contributed by atoms with Crippen LogP contribution in [0.2, 0.25) is 0 Å². The molecule has 4 nitrogen and oxygen atoms in total. The summed E-state index contributed by atoms with van der Waals surface area (Å²) in [5.41, 5.74) is 0. The zero-order valence-corrected chi connectivity index (χ0v) is 19.1. The minimum atomic E-state index is -0.844. The van der Waals surface area contributed by atoms with E-state index in [1.165, 1.54) is 4.90 Å². The number of nitrogens with zero attached hydrogens (tertiary/aromatic N) is 1. The molecule has 0 saturated heterocycles. The normalized spacial score (nSPS) is 14.5. The Kier molecular flexibility index (Phi) is 12.0. The summed E-state index contributed by atoms with van der Waals surface area (Å²) < 4.78 is 11.8. The van der Waals surface area contributed by atoms with E-state index in [4.69, 9.17) is 0 Å². The van der Waals surface area contributed by atoms with Gasteiger partial charge in [0.1, 0.15) is 0 Å². The molecule has 1 aromatic rings. The van der Waals surface area contributed by atoms with Gasteiger partial charge in [-0.25, -0.2) is 0 Å². The lowest BCUT2D eigenvalue weighted by Crippen LogP contribution is -2.42. The van der Waals surface area contributed by atoms with Crippen molar-refractivity contribution >= 4 is 52.5 Å². The standard InChI is InChI=1S/C17H29N3OS2.HI/c1-14(22-15-9-7-6-8-10-15)13-20-16(18-5)19-11-12-23(21)17(2,3)4;/h6-10,14H,11-13H2,1-5H3,(H2,18,19,20);1H. The van der Waals surface area contributed by atoms with Gasteiger partial charge in [0.05, 0.1) is 0 Å². The maximum absolute atomic E-state index is 12.0. The van der Waals surface area contributed by atoms with E-state index in [-0.39, 0.29) is 28.7 Å². The molecule has 1 aromatic carbocycles. The van der Waals surface area contributed by atoms with Gasteiger partial charge in [0.15, 0.2) is 5.96 Å². The summed E-state index contributed by atoms with van der Waals surface area (Å²) in [6.07, 6.45) is 0. The van der Waals surface area contributed by atoms with Crippen LogP contribution in [0, 0.1) is 0 Å². The fourth-order valence-electron chi connectivity index (χ4n) is 1.80. The van der Waals surface area contributed by atoms with Gasteiger partial charge >= 0.3 is 0 Å². The van der Waals surface area contributed by atoms with Crippen LogP contribution in [0.3, 0.4) is 0 Å². The summed E-state index contributed by atoms with van der Waals surface area (Å²) in [5, 5.41) is 6.98. The summed E-state index contributed by atoms with van der Waals surface area (Å²) in [4.78, 5) is 5.48. The highest BCUT2D eigenvalue weighted by Crippen LogP contribution is 2.21. The predicted octanol–water partition coefficient (Wildman–Crippen LogP) is 3.50. The average Bonchev–Trinajstić information content (AvgIpc) is 2.50. The van der Waals surface area contributed by atoms with Crippen LogP contribution in [0.5, 0.6) is 0 Å². The van der Waals surface area contributed by atoms with Crippen LogP contribution in [0.25, 0.3) is 0 Å². The molecule has 0 aliphatic heterocycles. The highest BCUT2D eigenvalue weighted by atomic mass is 127. The second-order valence-electron chi connectivity index (χ2n) is 6.28. The van der Waals surface area contributed by atoms with Gasteiger partial charge in [-0.05, 0) is 32.9 Å². The third kappa shape index (κ3) is 9.88. The molecule has 0 heterocycles. The van der Waals surface area contributed by atoms with E-state index >= 15 is 0 Å². The fraction of sp³-hybridized carbons (Fsp3) is 0.588. The Labute approximate surface area is 170 Å². The monoisotopic (exact) mass is 483 g/mol. The smallest absolute Gasteiger partial charge is 0.191 e. The summed E-state index contributed by atoms with van der Waals surface area (Å²) in [5.74, 6) is 1.38. The third-order valence-electron chi connectivity index (χ3n) is 3.12. The first kappa shape index (κ1) is 23.7. The van der Waals surface area contributed by atoms with E-state index in [1.54, 1.807) is 7.05 Å². The Morgan fingerprint density at radius 3 is 2.42 bits per heavy atom. The van der Waals surface area contributed by atoms with E-state index in [0.717, 1.165) is 12.5 Å². The zero-order valence-electron chi connectivity index (χ0n) is 15.2. The number of rotatable bonds is 7. The molecule has 0 aromatic heterocycles. The number of hydrogen-bond acceptors (Lipinski definition) is 3.